The van der Waals surface area contributed by atoms with Gasteiger partial charge in [-0.3, -0.25) is 15.0 Å². The summed E-state index contributed by atoms with van der Waals surface area (Å²) in [5, 5.41) is 12.7. The van der Waals surface area contributed by atoms with Gasteiger partial charge in [-0.05, 0) is 18.1 Å². The molecule has 0 saturated carbocycles. The fraction of sp³-hybridized carbons (Fsp3) is 0.316. The number of carboxylic acids is 1. The van der Waals surface area contributed by atoms with Crippen LogP contribution in [-0.4, -0.2) is 27.5 Å². The van der Waals surface area contributed by atoms with Crippen molar-refractivity contribution in [1.82, 2.24) is 10.2 Å². The SMILES string of the molecule is Cc1ccc(CN2C(c3ccccc3)NCC2(Cl)CC(=O)O)cc1. The summed E-state index contributed by atoms with van der Waals surface area (Å²) >= 11 is 6.74. The Morgan fingerprint density at radius 2 is 1.92 bits per heavy atom. The highest BCUT2D eigenvalue weighted by molar-refractivity contribution is 6.25. The molecule has 1 fully saturated rings. The first-order valence-corrected chi connectivity index (χ1v) is 8.37. The second-order valence-corrected chi connectivity index (χ2v) is 7.00. The smallest absolute Gasteiger partial charge is 0.306 e. The van der Waals surface area contributed by atoms with Crippen molar-refractivity contribution < 1.29 is 9.90 Å². The topological polar surface area (TPSA) is 52.6 Å². The van der Waals surface area contributed by atoms with Crippen LogP contribution in [0.3, 0.4) is 0 Å². The molecular weight excluding hydrogens is 324 g/mol. The lowest BCUT2D eigenvalue weighted by molar-refractivity contribution is -0.138. The summed E-state index contributed by atoms with van der Waals surface area (Å²) < 4.78 is 0. The zero-order valence-electron chi connectivity index (χ0n) is 13.6. The summed E-state index contributed by atoms with van der Waals surface area (Å²) in [7, 11) is 0. The van der Waals surface area contributed by atoms with E-state index in [1.807, 2.05) is 42.2 Å². The van der Waals surface area contributed by atoms with Gasteiger partial charge in [-0.25, -0.2) is 0 Å². The van der Waals surface area contributed by atoms with Crippen molar-refractivity contribution in [2.24, 2.45) is 0 Å². The van der Waals surface area contributed by atoms with Crippen LogP contribution in [0.2, 0.25) is 0 Å². The van der Waals surface area contributed by atoms with Gasteiger partial charge in [0.25, 0.3) is 0 Å². The minimum absolute atomic E-state index is 0.107. The lowest BCUT2D eigenvalue weighted by Gasteiger charge is -2.34. The number of alkyl halides is 1. The molecule has 2 unspecified atom stereocenters. The third kappa shape index (κ3) is 3.61. The average Bonchev–Trinajstić information content (AvgIpc) is 2.86. The number of halogens is 1. The molecule has 0 spiro atoms. The van der Waals surface area contributed by atoms with Crippen molar-refractivity contribution in [3.63, 3.8) is 0 Å². The van der Waals surface area contributed by atoms with Crippen molar-refractivity contribution >= 4 is 17.6 Å². The normalized spacial score (nSPS) is 24.2. The maximum atomic E-state index is 11.3. The van der Waals surface area contributed by atoms with Crippen LogP contribution in [0.4, 0.5) is 0 Å². The number of nitrogens with one attached hydrogen (secondary N) is 1. The molecule has 3 rings (SSSR count). The van der Waals surface area contributed by atoms with Gasteiger partial charge in [0.15, 0.2) is 0 Å². The largest absolute Gasteiger partial charge is 0.481 e. The fourth-order valence-electron chi connectivity index (χ4n) is 3.15. The molecule has 1 saturated heterocycles. The zero-order chi connectivity index (χ0) is 17.2. The zero-order valence-corrected chi connectivity index (χ0v) is 14.3. The van der Waals surface area contributed by atoms with E-state index in [0.29, 0.717) is 13.1 Å². The third-order valence-electron chi connectivity index (χ3n) is 4.40. The Labute approximate surface area is 147 Å². The van der Waals surface area contributed by atoms with E-state index in [2.05, 4.69) is 29.6 Å². The van der Waals surface area contributed by atoms with Crippen LogP contribution in [0.5, 0.6) is 0 Å². The van der Waals surface area contributed by atoms with Crippen molar-refractivity contribution in [1.29, 1.82) is 0 Å². The Kier molecular flexibility index (Phi) is 4.90. The van der Waals surface area contributed by atoms with Gasteiger partial charge >= 0.3 is 5.97 Å². The molecule has 1 aliphatic rings. The minimum atomic E-state index is -0.947. The lowest BCUT2D eigenvalue weighted by atomic mass is 10.1. The van der Waals surface area contributed by atoms with Crippen LogP contribution in [0, 0.1) is 6.92 Å². The number of benzene rings is 2. The number of nitrogens with zero attached hydrogens (tertiary/aromatic N) is 1. The van der Waals surface area contributed by atoms with Crippen LogP contribution < -0.4 is 5.32 Å². The molecule has 24 heavy (non-hydrogen) atoms. The number of hydrogen-bond acceptors (Lipinski definition) is 3. The molecule has 126 valence electrons. The Balaban J connectivity index is 1.91. The van der Waals surface area contributed by atoms with Gasteiger partial charge in [0, 0.05) is 13.1 Å². The first kappa shape index (κ1) is 17.0. The van der Waals surface area contributed by atoms with Crippen LogP contribution in [0.15, 0.2) is 54.6 Å². The molecular formula is C19H21ClN2O2. The minimum Gasteiger partial charge on any atom is -0.481 e. The highest BCUT2D eigenvalue weighted by atomic mass is 35.5. The average molecular weight is 345 g/mol. The van der Waals surface area contributed by atoms with Gasteiger partial charge in [-0.1, -0.05) is 71.8 Å². The maximum Gasteiger partial charge on any atom is 0.306 e. The molecule has 0 bridgehead atoms. The summed E-state index contributed by atoms with van der Waals surface area (Å²) in [6.45, 7) is 3.06. The quantitative estimate of drug-likeness (QED) is 0.644. The summed E-state index contributed by atoms with van der Waals surface area (Å²) in [6, 6.07) is 18.2. The van der Waals surface area contributed by atoms with E-state index in [-0.39, 0.29) is 12.6 Å². The van der Waals surface area contributed by atoms with Gasteiger partial charge < -0.3 is 5.11 Å². The van der Waals surface area contributed by atoms with E-state index in [9.17, 15) is 9.90 Å². The van der Waals surface area contributed by atoms with Crippen molar-refractivity contribution in [3.8, 4) is 0 Å². The Hall–Kier alpha value is -1.88. The molecule has 2 aromatic rings. The van der Waals surface area contributed by atoms with E-state index < -0.39 is 11.0 Å². The number of aliphatic carboxylic acids is 1. The second-order valence-electron chi connectivity index (χ2n) is 6.30. The van der Waals surface area contributed by atoms with Crippen molar-refractivity contribution in [3.05, 3.63) is 71.3 Å². The number of carbonyl (C=O) groups is 1. The molecule has 5 heteroatoms. The fourth-order valence-corrected chi connectivity index (χ4v) is 3.50. The molecule has 2 atom stereocenters. The van der Waals surface area contributed by atoms with E-state index >= 15 is 0 Å². The van der Waals surface area contributed by atoms with Gasteiger partial charge in [-0.15, -0.1) is 0 Å². The van der Waals surface area contributed by atoms with Crippen LogP contribution in [0.1, 0.15) is 29.3 Å². The van der Waals surface area contributed by atoms with Gasteiger partial charge in [0.05, 0.1) is 12.6 Å². The van der Waals surface area contributed by atoms with Gasteiger partial charge in [0.2, 0.25) is 0 Å². The molecule has 2 N–H and O–H groups in total. The van der Waals surface area contributed by atoms with Gasteiger partial charge in [0.1, 0.15) is 5.00 Å². The van der Waals surface area contributed by atoms with E-state index in [4.69, 9.17) is 11.6 Å². The maximum absolute atomic E-state index is 11.3. The standard InChI is InChI=1S/C19H21ClN2O2/c1-14-7-9-15(10-8-14)12-22-18(16-5-3-2-4-6-16)21-13-19(22,20)11-17(23)24/h2-10,18,21H,11-13H2,1H3,(H,23,24). The predicted octanol–water partition coefficient (Wildman–Crippen LogP) is 3.51. The molecule has 0 radical (unpaired) electrons. The summed E-state index contributed by atoms with van der Waals surface area (Å²) in [4.78, 5) is 12.4. The van der Waals surface area contributed by atoms with E-state index in [0.717, 1.165) is 11.1 Å². The second kappa shape index (κ2) is 6.93. The molecule has 0 aliphatic carbocycles. The van der Waals surface area contributed by atoms with Crippen molar-refractivity contribution in [2.75, 3.05) is 6.54 Å². The molecule has 1 aliphatic heterocycles. The molecule has 1 heterocycles. The number of rotatable bonds is 5. The summed E-state index contributed by atoms with van der Waals surface area (Å²) in [6.07, 6.45) is -0.221. The van der Waals surface area contributed by atoms with E-state index in [1.165, 1.54) is 5.56 Å². The number of aryl methyl sites for hydroxylation is 1. The van der Waals surface area contributed by atoms with Crippen LogP contribution >= 0.6 is 11.6 Å². The Bertz CT molecular complexity index is 705. The van der Waals surface area contributed by atoms with Crippen LogP contribution in [-0.2, 0) is 11.3 Å². The molecule has 0 amide bonds. The Morgan fingerprint density at radius 3 is 2.54 bits per heavy atom. The molecule has 2 aromatic carbocycles. The first-order valence-electron chi connectivity index (χ1n) is 7.99. The summed E-state index contributed by atoms with van der Waals surface area (Å²) in [5.41, 5.74) is 3.39. The van der Waals surface area contributed by atoms with Crippen LogP contribution in [0.25, 0.3) is 0 Å². The van der Waals surface area contributed by atoms with E-state index in [1.54, 1.807) is 0 Å². The molecule has 4 nitrogen and oxygen atoms in total. The highest BCUT2D eigenvalue weighted by Gasteiger charge is 2.46. The first-order chi connectivity index (χ1) is 11.5. The lowest BCUT2D eigenvalue weighted by Crippen LogP contribution is -2.43. The van der Waals surface area contributed by atoms with Gasteiger partial charge in [-0.2, -0.15) is 0 Å². The highest BCUT2D eigenvalue weighted by Crippen LogP contribution is 2.39. The summed E-state index contributed by atoms with van der Waals surface area (Å²) in [5.74, 6) is -0.894. The Morgan fingerprint density at radius 1 is 1.25 bits per heavy atom. The monoisotopic (exact) mass is 344 g/mol. The number of carboxylic acid groups (broad SMARTS) is 1. The third-order valence-corrected chi connectivity index (χ3v) is 4.89. The molecule has 0 aromatic heterocycles. The van der Waals surface area contributed by atoms with Crippen molar-refractivity contribution in [2.45, 2.75) is 31.1 Å². The number of hydrogen-bond donors (Lipinski definition) is 2. The predicted molar refractivity (Wildman–Crippen MR) is 94.7 cm³/mol.